The number of hydrogen-bond acceptors (Lipinski definition) is 6. The molecule has 0 aromatic carbocycles. The maximum absolute atomic E-state index is 14.4. The molecule has 3 heterocycles. The van der Waals surface area contributed by atoms with Crippen LogP contribution in [0, 0.1) is 31.1 Å². The Bertz CT molecular complexity index is 1020. The van der Waals surface area contributed by atoms with Crippen molar-refractivity contribution in [1.29, 1.82) is 5.26 Å². The minimum atomic E-state index is -1.37. The third kappa shape index (κ3) is 4.28. The molecule has 2 aromatic heterocycles. The van der Waals surface area contributed by atoms with Crippen LogP contribution >= 0.6 is 0 Å². The smallest absolute Gasteiger partial charge is 0.252 e. The first-order chi connectivity index (χ1) is 13.8. The molecule has 0 bridgehead atoms. The molecule has 29 heavy (non-hydrogen) atoms. The van der Waals surface area contributed by atoms with Crippen LogP contribution in [0.4, 0.5) is 4.39 Å². The van der Waals surface area contributed by atoms with Crippen molar-refractivity contribution in [3.8, 4) is 6.07 Å². The van der Waals surface area contributed by atoms with Crippen molar-refractivity contribution < 1.29 is 14.3 Å². The summed E-state index contributed by atoms with van der Waals surface area (Å²) in [6.45, 7) is 3.42. The van der Waals surface area contributed by atoms with E-state index in [1.807, 2.05) is 13.0 Å². The molecule has 3 unspecified atom stereocenters. The summed E-state index contributed by atoms with van der Waals surface area (Å²) in [6.07, 6.45) is 0.0837. The van der Waals surface area contributed by atoms with E-state index in [1.165, 1.54) is 0 Å². The van der Waals surface area contributed by atoms with Crippen LogP contribution in [0.1, 0.15) is 23.2 Å². The Morgan fingerprint density at radius 2 is 2.28 bits per heavy atom. The van der Waals surface area contributed by atoms with Gasteiger partial charge >= 0.3 is 0 Å². The molecule has 1 aliphatic heterocycles. The molecule has 8 nitrogen and oxygen atoms in total. The van der Waals surface area contributed by atoms with E-state index < -0.39 is 36.7 Å². The highest BCUT2D eigenvalue weighted by Gasteiger charge is 2.36. The second-order valence-electron chi connectivity index (χ2n) is 7.42. The highest BCUT2D eigenvalue weighted by molar-refractivity contribution is 5.87. The molecule has 1 aliphatic rings. The van der Waals surface area contributed by atoms with Crippen LogP contribution in [0.2, 0.25) is 0 Å². The zero-order valence-electron chi connectivity index (χ0n) is 16.3. The van der Waals surface area contributed by atoms with Gasteiger partial charge in [0.1, 0.15) is 6.17 Å². The van der Waals surface area contributed by atoms with Gasteiger partial charge in [-0.3, -0.25) is 14.6 Å². The zero-order valence-corrected chi connectivity index (χ0v) is 16.3. The average molecular weight is 401 g/mol. The van der Waals surface area contributed by atoms with Crippen LogP contribution in [0.5, 0.6) is 0 Å². The van der Waals surface area contributed by atoms with Gasteiger partial charge in [0.15, 0.2) is 0 Å². The lowest BCUT2D eigenvalue weighted by atomic mass is 9.90. The average Bonchev–Trinajstić information content (AvgIpc) is 2.69. The van der Waals surface area contributed by atoms with Crippen molar-refractivity contribution in [3.63, 3.8) is 0 Å². The maximum atomic E-state index is 14.4. The lowest BCUT2D eigenvalue weighted by Crippen LogP contribution is -2.60. The van der Waals surface area contributed by atoms with Crippen LogP contribution in [0.3, 0.4) is 0 Å². The number of piperidine rings is 1. The summed E-state index contributed by atoms with van der Waals surface area (Å²) in [4.78, 5) is 32.1. The van der Waals surface area contributed by atoms with Gasteiger partial charge in [-0.1, -0.05) is 0 Å². The molecule has 0 radical (unpaired) electrons. The highest BCUT2D eigenvalue weighted by atomic mass is 19.1. The number of aromatic amines is 1. The van der Waals surface area contributed by atoms with Gasteiger partial charge in [0.2, 0.25) is 5.91 Å². The lowest BCUT2D eigenvalue weighted by molar-refractivity contribution is -0.122. The van der Waals surface area contributed by atoms with Gasteiger partial charge in [-0.15, -0.1) is 0 Å². The van der Waals surface area contributed by atoms with E-state index >= 15 is 0 Å². The van der Waals surface area contributed by atoms with Gasteiger partial charge in [-0.25, -0.2) is 4.39 Å². The van der Waals surface area contributed by atoms with Gasteiger partial charge in [0, 0.05) is 29.4 Å². The number of aromatic nitrogens is 2. The number of carbonyl (C=O) groups is 1. The van der Waals surface area contributed by atoms with Gasteiger partial charge < -0.3 is 20.7 Å². The predicted molar refractivity (Wildman–Crippen MR) is 105 cm³/mol. The van der Waals surface area contributed by atoms with E-state index in [0.29, 0.717) is 23.2 Å². The van der Waals surface area contributed by atoms with Crippen LogP contribution in [0.25, 0.3) is 10.9 Å². The summed E-state index contributed by atoms with van der Waals surface area (Å²) >= 11 is 0. The van der Waals surface area contributed by atoms with Crippen molar-refractivity contribution in [3.05, 3.63) is 39.4 Å². The van der Waals surface area contributed by atoms with Crippen LogP contribution < -0.4 is 16.2 Å². The van der Waals surface area contributed by atoms with Crippen molar-refractivity contribution >= 4 is 16.8 Å². The molecule has 4 atom stereocenters. The number of carbonyl (C=O) groups excluding carboxylic acids is 1. The van der Waals surface area contributed by atoms with E-state index in [4.69, 9.17) is 5.26 Å². The Morgan fingerprint density at radius 1 is 1.52 bits per heavy atom. The number of hydrogen-bond donors (Lipinski definition) is 4. The number of aliphatic hydroxyl groups excluding tert-OH is 1. The third-order valence-electron chi connectivity index (χ3n) is 5.49. The number of amides is 1. The maximum Gasteiger partial charge on any atom is 0.252 e. The molecule has 3 rings (SSSR count). The number of nitriles is 1. The Kier molecular flexibility index (Phi) is 6.25. The quantitative estimate of drug-likeness (QED) is 0.574. The fraction of sp³-hybridized carbons (Fsp3) is 0.500. The number of alkyl halides is 1. The van der Waals surface area contributed by atoms with Gasteiger partial charge in [0.25, 0.3) is 5.56 Å². The minimum absolute atomic E-state index is 0.0519. The fourth-order valence-electron chi connectivity index (χ4n) is 3.94. The van der Waals surface area contributed by atoms with Gasteiger partial charge in [-0.2, -0.15) is 5.26 Å². The minimum Gasteiger partial charge on any atom is -0.394 e. The molecule has 1 amide bonds. The summed E-state index contributed by atoms with van der Waals surface area (Å²) < 4.78 is 14.4. The number of rotatable bonds is 5. The summed E-state index contributed by atoms with van der Waals surface area (Å²) in [5, 5.41) is 24.9. The van der Waals surface area contributed by atoms with Crippen molar-refractivity contribution in [1.82, 2.24) is 20.6 Å². The molecule has 1 fully saturated rings. The summed E-state index contributed by atoms with van der Waals surface area (Å²) in [5.41, 5.74) is 2.00. The van der Waals surface area contributed by atoms with Crippen molar-refractivity contribution in [2.75, 3.05) is 13.2 Å². The second kappa shape index (κ2) is 8.68. The van der Waals surface area contributed by atoms with E-state index in [2.05, 4.69) is 20.6 Å². The van der Waals surface area contributed by atoms with Crippen LogP contribution in [0.15, 0.2) is 17.1 Å². The Labute approximate surface area is 167 Å². The lowest BCUT2D eigenvalue weighted by Gasteiger charge is -2.35. The normalized spacial score (nSPS) is 22.8. The topological polar surface area (TPSA) is 131 Å². The summed E-state index contributed by atoms with van der Waals surface area (Å²) in [7, 11) is 0. The molecule has 0 aliphatic carbocycles. The predicted octanol–water partition coefficient (Wildman–Crippen LogP) is 0.399. The third-order valence-corrected chi connectivity index (χ3v) is 5.49. The molecular weight excluding hydrogens is 377 g/mol. The van der Waals surface area contributed by atoms with Gasteiger partial charge in [0.05, 0.1) is 42.6 Å². The molecule has 9 heteroatoms. The number of halogens is 1. The number of H-pyrrole nitrogens is 1. The molecule has 1 saturated heterocycles. The van der Waals surface area contributed by atoms with Gasteiger partial charge in [-0.05, 0) is 31.9 Å². The number of fused-ring (bicyclic) bond motifs is 1. The van der Waals surface area contributed by atoms with E-state index in [1.54, 1.807) is 19.2 Å². The number of aliphatic hydroxyl groups is 1. The molecule has 2 aromatic rings. The Balaban J connectivity index is 1.77. The Morgan fingerprint density at radius 3 is 2.93 bits per heavy atom. The SMILES string of the molecule is Cc1nccc2[nH]c(=O)c(CC(=O)N[C@@H](CO)C3NCC(C#N)CC3F)c(C)c12. The Hall–Kier alpha value is -2.83. The number of nitrogens with one attached hydrogen (secondary N) is 3. The summed E-state index contributed by atoms with van der Waals surface area (Å²) in [5.74, 6) is -0.929. The van der Waals surface area contributed by atoms with Crippen molar-refractivity contribution in [2.24, 2.45) is 5.92 Å². The molecular formula is C20H24FN5O3. The van der Waals surface area contributed by atoms with Crippen molar-refractivity contribution in [2.45, 2.75) is 44.9 Å². The molecule has 154 valence electrons. The molecule has 0 spiro atoms. The summed E-state index contributed by atoms with van der Waals surface area (Å²) in [6, 6.07) is 2.07. The van der Waals surface area contributed by atoms with Crippen LogP contribution in [-0.4, -0.2) is 52.4 Å². The second-order valence-corrected chi connectivity index (χ2v) is 7.42. The number of aryl methyl sites for hydroxylation is 2. The van der Waals surface area contributed by atoms with Crippen LogP contribution in [-0.2, 0) is 11.2 Å². The number of pyridine rings is 2. The number of nitrogens with zero attached hydrogens (tertiary/aromatic N) is 2. The first-order valence-electron chi connectivity index (χ1n) is 9.50. The van der Waals surface area contributed by atoms with E-state index in [9.17, 15) is 19.1 Å². The first kappa shape index (κ1) is 20.9. The van der Waals surface area contributed by atoms with E-state index in [-0.39, 0.29) is 18.4 Å². The fourth-order valence-corrected chi connectivity index (χ4v) is 3.94. The molecule has 4 N–H and O–H groups in total. The monoisotopic (exact) mass is 401 g/mol. The largest absolute Gasteiger partial charge is 0.394 e. The molecule has 0 saturated carbocycles. The highest BCUT2D eigenvalue weighted by Crippen LogP contribution is 2.21. The standard InChI is InChI=1S/C20H24FN5O3/c1-10-13(20(29)26-15-3-4-23-11(2)18(10)15)6-17(28)25-16(9-27)19-14(21)5-12(7-22)8-24-19/h3-4,12,14,16,19,24,27H,5-6,8-9H2,1-2H3,(H,25,28)(H,26,29)/t12?,14?,16-,19?/m0/s1. The first-order valence-corrected chi connectivity index (χ1v) is 9.50. The van der Waals surface area contributed by atoms with E-state index in [0.717, 1.165) is 11.1 Å². The zero-order chi connectivity index (χ0) is 21.1.